The number of nitrogens with zero attached hydrogens (tertiary/aromatic N) is 1. The second-order valence-corrected chi connectivity index (χ2v) is 6.29. The van der Waals surface area contributed by atoms with Gasteiger partial charge in [-0.25, -0.2) is 12.4 Å². The van der Waals surface area contributed by atoms with Crippen molar-refractivity contribution < 1.29 is 18.3 Å². The molecule has 2 aromatic rings. The van der Waals surface area contributed by atoms with Gasteiger partial charge in [0.05, 0.1) is 24.7 Å². The zero-order valence-corrected chi connectivity index (χ0v) is 12.0. The summed E-state index contributed by atoms with van der Waals surface area (Å²) in [5.74, 6) is 0. The van der Waals surface area contributed by atoms with E-state index in [0.717, 1.165) is 11.1 Å². The van der Waals surface area contributed by atoms with Gasteiger partial charge in [-0.3, -0.25) is 0 Å². The molecule has 2 rings (SSSR count). The van der Waals surface area contributed by atoms with Crippen molar-refractivity contribution in [3.63, 3.8) is 0 Å². The third-order valence-corrected chi connectivity index (χ3v) is 4.48. The van der Waals surface area contributed by atoms with Crippen LogP contribution >= 0.6 is 0 Å². The first-order valence-corrected chi connectivity index (χ1v) is 7.66. The van der Waals surface area contributed by atoms with E-state index in [1.165, 1.54) is 16.4 Å². The average Bonchev–Trinajstić information content (AvgIpc) is 2.89. The van der Waals surface area contributed by atoms with E-state index in [1.807, 2.05) is 6.92 Å². The fourth-order valence-electron chi connectivity index (χ4n) is 1.74. The first-order valence-electron chi connectivity index (χ1n) is 6.22. The number of benzene rings is 1. The maximum absolute atomic E-state index is 12.4. The van der Waals surface area contributed by atoms with E-state index in [4.69, 9.17) is 9.84 Å². The van der Waals surface area contributed by atoms with Crippen molar-refractivity contribution in [3.05, 3.63) is 53.9 Å². The van der Waals surface area contributed by atoms with Crippen molar-refractivity contribution in [3.8, 4) is 0 Å². The van der Waals surface area contributed by atoms with Crippen LogP contribution in [-0.2, 0) is 21.4 Å². The number of rotatable bonds is 6. The van der Waals surface area contributed by atoms with Crippen LogP contribution in [0.2, 0.25) is 0 Å². The van der Waals surface area contributed by atoms with Gasteiger partial charge < -0.3 is 9.84 Å². The van der Waals surface area contributed by atoms with E-state index in [-0.39, 0.29) is 24.7 Å². The number of aliphatic hydroxyl groups excluding tert-OH is 1. The highest BCUT2D eigenvalue weighted by molar-refractivity contribution is 7.90. The Morgan fingerprint density at radius 1 is 1.20 bits per heavy atom. The molecular weight excluding hydrogens is 278 g/mol. The summed E-state index contributed by atoms with van der Waals surface area (Å²) in [6, 6.07) is 8.39. The summed E-state index contributed by atoms with van der Waals surface area (Å²) in [7, 11) is -3.55. The zero-order valence-electron chi connectivity index (χ0n) is 11.2. The van der Waals surface area contributed by atoms with Gasteiger partial charge in [0.25, 0.3) is 10.0 Å². The lowest BCUT2D eigenvalue weighted by Crippen LogP contribution is -2.10. The molecule has 5 nitrogen and oxygen atoms in total. The summed E-state index contributed by atoms with van der Waals surface area (Å²) in [5.41, 5.74) is 1.75. The first-order chi connectivity index (χ1) is 9.54. The Morgan fingerprint density at radius 2 is 1.90 bits per heavy atom. The minimum atomic E-state index is -3.55. The molecule has 0 spiro atoms. The predicted octanol–water partition coefficient (Wildman–Crippen LogP) is 1.54. The molecule has 0 aliphatic rings. The number of hydrogen-bond donors (Lipinski definition) is 1. The SMILES string of the molecule is Cc1ccc(S(=O)(=O)n2ccc(COCCO)c2)cc1. The Morgan fingerprint density at radius 3 is 2.55 bits per heavy atom. The molecule has 0 fully saturated rings. The third kappa shape index (κ3) is 3.27. The van der Waals surface area contributed by atoms with Crippen molar-refractivity contribution in [2.75, 3.05) is 13.2 Å². The fraction of sp³-hybridized carbons (Fsp3) is 0.286. The summed E-state index contributed by atoms with van der Waals surface area (Å²) in [6.07, 6.45) is 3.01. The van der Waals surface area contributed by atoms with Crippen LogP contribution in [0.3, 0.4) is 0 Å². The van der Waals surface area contributed by atoms with Crippen molar-refractivity contribution >= 4 is 10.0 Å². The second kappa shape index (κ2) is 6.21. The molecular formula is C14H17NO4S. The molecule has 108 valence electrons. The number of aromatic nitrogens is 1. The van der Waals surface area contributed by atoms with Crippen LogP contribution in [0, 0.1) is 6.92 Å². The van der Waals surface area contributed by atoms with Crippen LogP contribution in [0.5, 0.6) is 0 Å². The van der Waals surface area contributed by atoms with Crippen LogP contribution in [0.4, 0.5) is 0 Å². The van der Waals surface area contributed by atoms with E-state index < -0.39 is 10.0 Å². The molecule has 0 saturated heterocycles. The molecule has 0 bridgehead atoms. The molecule has 1 heterocycles. The Kier molecular flexibility index (Phi) is 4.59. The molecule has 20 heavy (non-hydrogen) atoms. The van der Waals surface area contributed by atoms with Gasteiger partial charge in [-0.05, 0) is 30.7 Å². The Balaban J connectivity index is 2.20. The van der Waals surface area contributed by atoms with Crippen molar-refractivity contribution in [2.45, 2.75) is 18.4 Å². The van der Waals surface area contributed by atoms with E-state index in [2.05, 4.69) is 0 Å². The van der Waals surface area contributed by atoms with Crippen molar-refractivity contribution in [2.24, 2.45) is 0 Å². The van der Waals surface area contributed by atoms with Crippen LogP contribution in [0.25, 0.3) is 0 Å². The first kappa shape index (κ1) is 14.8. The molecule has 1 N–H and O–H groups in total. The topological polar surface area (TPSA) is 68.5 Å². The number of aliphatic hydroxyl groups is 1. The highest BCUT2D eigenvalue weighted by Gasteiger charge is 2.16. The molecule has 6 heteroatoms. The smallest absolute Gasteiger partial charge is 0.267 e. The van der Waals surface area contributed by atoms with E-state index in [9.17, 15) is 8.42 Å². The van der Waals surface area contributed by atoms with E-state index in [1.54, 1.807) is 30.3 Å². The maximum Gasteiger partial charge on any atom is 0.267 e. The van der Waals surface area contributed by atoms with Crippen LogP contribution in [0.15, 0.2) is 47.6 Å². The highest BCUT2D eigenvalue weighted by Crippen LogP contribution is 2.16. The number of hydrogen-bond acceptors (Lipinski definition) is 4. The largest absolute Gasteiger partial charge is 0.394 e. The fourth-order valence-corrected chi connectivity index (χ4v) is 2.96. The normalized spacial score (nSPS) is 11.7. The van der Waals surface area contributed by atoms with Gasteiger partial charge in [0.2, 0.25) is 0 Å². The Hall–Kier alpha value is -1.63. The molecule has 0 atom stereocenters. The minimum Gasteiger partial charge on any atom is -0.394 e. The van der Waals surface area contributed by atoms with Crippen LogP contribution < -0.4 is 0 Å². The molecule has 0 aliphatic carbocycles. The third-order valence-electron chi connectivity index (χ3n) is 2.83. The van der Waals surface area contributed by atoms with Gasteiger partial charge in [-0.1, -0.05) is 17.7 Å². The molecule has 1 aromatic carbocycles. The van der Waals surface area contributed by atoms with Crippen LogP contribution in [0.1, 0.15) is 11.1 Å². The summed E-state index contributed by atoms with van der Waals surface area (Å²) in [5, 5.41) is 8.62. The quantitative estimate of drug-likeness (QED) is 0.821. The van der Waals surface area contributed by atoms with Gasteiger partial charge in [0, 0.05) is 12.4 Å². The van der Waals surface area contributed by atoms with E-state index in [0.29, 0.717) is 0 Å². The van der Waals surface area contributed by atoms with Crippen molar-refractivity contribution in [1.29, 1.82) is 0 Å². The number of ether oxygens (including phenoxy) is 1. The van der Waals surface area contributed by atoms with Gasteiger partial charge in [0.1, 0.15) is 0 Å². The molecule has 0 saturated carbocycles. The summed E-state index contributed by atoms with van der Waals surface area (Å²) < 4.78 is 31.1. The maximum atomic E-state index is 12.4. The van der Waals surface area contributed by atoms with E-state index >= 15 is 0 Å². The number of aryl methyl sites for hydroxylation is 1. The van der Waals surface area contributed by atoms with Gasteiger partial charge in [0.15, 0.2) is 0 Å². The summed E-state index contributed by atoms with van der Waals surface area (Å²) >= 11 is 0. The van der Waals surface area contributed by atoms with Gasteiger partial charge in [-0.2, -0.15) is 0 Å². The van der Waals surface area contributed by atoms with Crippen LogP contribution in [-0.4, -0.2) is 30.7 Å². The molecule has 0 unspecified atom stereocenters. The monoisotopic (exact) mass is 295 g/mol. The lowest BCUT2D eigenvalue weighted by atomic mass is 10.2. The molecule has 0 aliphatic heterocycles. The Bertz CT molecular complexity index is 659. The second-order valence-electron chi connectivity index (χ2n) is 4.44. The lowest BCUT2D eigenvalue weighted by Gasteiger charge is -2.06. The Labute approximate surface area is 118 Å². The summed E-state index contributed by atoms with van der Waals surface area (Å²) in [4.78, 5) is 0.251. The zero-order chi connectivity index (χ0) is 14.6. The van der Waals surface area contributed by atoms with Gasteiger partial charge in [-0.15, -0.1) is 0 Å². The molecule has 1 aromatic heterocycles. The lowest BCUT2D eigenvalue weighted by molar-refractivity contribution is 0.0816. The summed E-state index contributed by atoms with van der Waals surface area (Å²) in [6.45, 7) is 2.36. The van der Waals surface area contributed by atoms with Crippen molar-refractivity contribution in [1.82, 2.24) is 3.97 Å². The average molecular weight is 295 g/mol. The minimum absolute atomic E-state index is 0.0532. The predicted molar refractivity (Wildman–Crippen MR) is 74.9 cm³/mol. The molecule has 0 radical (unpaired) electrons. The molecule has 0 amide bonds. The van der Waals surface area contributed by atoms with Gasteiger partial charge >= 0.3 is 0 Å². The highest BCUT2D eigenvalue weighted by atomic mass is 32.2. The standard InChI is InChI=1S/C14H17NO4S/c1-12-2-4-14(5-3-12)20(17,18)15-7-6-13(10-15)11-19-9-8-16/h2-7,10,16H,8-9,11H2,1H3.